The maximum Gasteiger partial charge on any atom is 0.306 e. The quantitative estimate of drug-likeness (QED) is 0.0741. The van der Waals surface area contributed by atoms with E-state index in [2.05, 4.69) is 38.2 Å². The minimum absolute atomic E-state index is 0.00291. The van der Waals surface area contributed by atoms with Crippen LogP contribution in [0.2, 0.25) is 0 Å². The molecule has 0 aliphatic heterocycles. The van der Waals surface area contributed by atoms with Gasteiger partial charge in [0, 0.05) is 12.8 Å². The third-order valence-corrected chi connectivity index (χ3v) is 6.43. The SMILES string of the molecule is CCCCC/C=C\C/C=C\CCCCCCCCCC(=O)OC(CCCC)CCCCCC(=O)O. The fourth-order valence-electron chi connectivity index (χ4n) is 4.20. The van der Waals surface area contributed by atoms with E-state index in [1.165, 1.54) is 64.2 Å². The fraction of sp³-hybridized carbons (Fsp3) is 0.806. The zero-order valence-electron chi connectivity index (χ0n) is 23.1. The average molecular weight is 493 g/mol. The number of hydrogen-bond acceptors (Lipinski definition) is 3. The van der Waals surface area contributed by atoms with Gasteiger partial charge in [-0.25, -0.2) is 0 Å². The van der Waals surface area contributed by atoms with Crippen LogP contribution < -0.4 is 0 Å². The van der Waals surface area contributed by atoms with Crippen molar-refractivity contribution in [3.63, 3.8) is 0 Å². The Bertz CT molecular complexity index is 538. The van der Waals surface area contributed by atoms with Gasteiger partial charge in [-0.3, -0.25) is 9.59 Å². The molecule has 4 nitrogen and oxygen atoms in total. The summed E-state index contributed by atoms with van der Waals surface area (Å²) in [5.74, 6) is -0.790. The molecule has 1 unspecified atom stereocenters. The highest BCUT2D eigenvalue weighted by Gasteiger charge is 2.14. The number of rotatable bonds is 26. The van der Waals surface area contributed by atoms with Gasteiger partial charge in [-0.2, -0.15) is 0 Å². The second kappa shape index (κ2) is 27.0. The topological polar surface area (TPSA) is 63.6 Å². The number of carboxylic acid groups (broad SMARTS) is 1. The second-order valence-electron chi connectivity index (χ2n) is 9.94. The summed E-state index contributed by atoms with van der Waals surface area (Å²) in [5.41, 5.74) is 0. The maximum atomic E-state index is 12.2. The van der Waals surface area contributed by atoms with Gasteiger partial charge in [0.25, 0.3) is 0 Å². The number of aliphatic carboxylic acids is 1. The van der Waals surface area contributed by atoms with Gasteiger partial charge in [0.1, 0.15) is 6.10 Å². The summed E-state index contributed by atoms with van der Waals surface area (Å²) in [6.07, 6.45) is 32.2. The predicted molar refractivity (Wildman–Crippen MR) is 149 cm³/mol. The van der Waals surface area contributed by atoms with Crippen molar-refractivity contribution >= 4 is 11.9 Å². The van der Waals surface area contributed by atoms with Gasteiger partial charge in [0.05, 0.1) is 0 Å². The van der Waals surface area contributed by atoms with Crippen LogP contribution in [0, 0.1) is 0 Å². The van der Waals surface area contributed by atoms with Gasteiger partial charge < -0.3 is 9.84 Å². The maximum absolute atomic E-state index is 12.2. The lowest BCUT2D eigenvalue weighted by molar-refractivity contribution is -0.150. The van der Waals surface area contributed by atoms with Crippen LogP contribution in [0.3, 0.4) is 0 Å². The first-order valence-electron chi connectivity index (χ1n) is 14.8. The van der Waals surface area contributed by atoms with E-state index in [9.17, 15) is 9.59 Å². The van der Waals surface area contributed by atoms with E-state index in [-0.39, 0.29) is 18.5 Å². The molecule has 0 radical (unpaired) electrons. The largest absolute Gasteiger partial charge is 0.481 e. The summed E-state index contributed by atoms with van der Waals surface area (Å²) in [6.45, 7) is 4.40. The highest BCUT2D eigenvalue weighted by atomic mass is 16.5. The molecule has 0 aromatic rings. The molecule has 0 aromatic carbocycles. The summed E-state index contributed by atoms with van der Waals surface area (Å²) in [6, 6.07) is 0. The lowest BCUT2D eigenvalue weighted by atomic mass is 10.0. The zero-order chi connectivity index (χ0) is 25.8. The van der Waals surface area contributed by atoms with Crippen LogP contribution in [-0.4, -0.2) is 23.1 Å². The van der Waals surface area contributed by atoms with Gasteiger partial charge in [-0.05, 0) is 64.2 Å². The number of hydrogen-bond donors (Lipinski definition) is 1. The Hall–Kier alpha value is -1.58. The molecule has 35 heavy (non-hydrogen) atoms. The molecule has 0 spiro atoms. The monoisotopic (exact) mass is 492 g/mol. The van der Waals surface area contributed by atoms with Crippen molar-refractivity contribution < 1.29 is 19.4 Å². The number of carboxylic acids is 1. The van der Waals surface area contributed by atoms with Crippen LogP contribution in [-0.2, 0) is 14.3 Å². The molecule has 0 aliphatic carbocycles. The number of carbonyl (C=O) groups excluding carboxylic acids is 1. The molecule has 0 saturated carbocycles. The molecule has 0 rings (SSSR count). The standard InChI is InChI=1S/C31H56O4/c1-3-5-7-8-9-10-11-12-13-14-15-16-17-18-19-20-24-28-31(34)35-29(25-6-4-2)26-22-21-23-27-30(32)33/h9-10,12-13,29H,3-8,11,14-28H2,1-2H3,(H,32,33)/b10-9-,13-12-. The Morgan fingerprint density at radius 1 is 0.629 bits per heavy atom. The molecular formula is C31H56O4. The van der Waals surface area contributed by atoms with Crippen LogP contribution in [0.5, 0.6) is 0 Å². The van der Waals surface area contributed by atoms with Crippen molar-refractivity contribution in [3.8, 4) is 0 Å². The van der Waals surface area contributed by atoms with Gasteiger partial charge >= 0.3 is 11.9 Å². The molecule has 1 atom stereocenters. The molecule has 204 valence electrons. The number of ether oxygens (including phenoxy) is 1. The number of unbranched alkanes of at least 4 members (excludes halogenated alkanes) is 13. The lowest BCUT2D eigenvalue weighted by Crippen LogP contribution is -2.18. The van der Waals surface area contributed by atoms with E-state index in [0.29, 0.717) is 12.8 Å². The Morgan fingerprint density at radius 2 is 1.14 bits per heavy atom. The van der Waals surface area contributed by atoms with Crippen molar-refractivity contribution in [2.24, 2.45) is 0 Å². The number of allylic oxidation sites excluding steroid dienone is 4. The summed E-state index contributed by atoms with van der Waals surface area (Å²) >= 11 is 0. The van der Waals surface area contributed by atoms with Gasteiger partial charge in [-0.1, -0.05) is 102 Å². The Kier molecular flexibility index (Phi) is 25.8. The number of carbonyl (C=O) groups is 2. The molecule has 4 heteroatoms. The zero-order valence-corrected chi connectivity index (χ0v) is 23.1. The van der Waals surface area contributed by atoms with Crippen LogP contribution in [0.1, 0.15) is 155 Å². The van der Waals surface area contributed by atoms with Gasteiger partial charge in [0.2, 0.25) is 0 Å². The van der Waals surface area contributed by atoms with E-state index < -0.39 is 5.97 Å². The summed E-state index contributed by atoms with van der Waals surface area (Å²) in [7, 11) is 0. The van der Waals surface area contributed by atoms with Crippen molar-refractivity contribution in [2.45, 2.75) is 161 Å². The van der Waals surface area contributed by atoms with E-state index in [1.54, 1.807) is 0 Å². The third kappa shape index (κ3) is 26.9. The Balaban J connectivity index is 3.64. The normalized spacial score (nSPS) is 12.5. The Labute approximate surface area is 217 Å². The molecule has 0 bridgehead atoms. The molecule has 0 aromatic heterocycles. The molecule has 0 aliphatic rings. The highest BCUT2D eigenvalue weighted by Crippen LogP contribution is 2.16. The minimum atomic E-state index is -0.733. The summed E-state index contributed by atoms with van der Waals surface area (Å²) in [4.78, 5) is 22.8. The molecular weight excluding hydrogens is 436 g/mol. The van der Waals surface area contributed by atoms with Crippen molar-refractivity contribution in [1.29, 1.82) is 0 Å². The molecule has 0 fully saturated rings. The van der Waals surface area contributed by atoms with Crippen LogP contribution in [0.25, 0.3) is 0 Å². The predicted octanol–water partition coefficient (Wildman–Crippen LogP) is 9.72. The van der Waals surface area contributed by atoms with Crippen molar-refractivity contribution in [2.75, 3.05) is 0 Å². The summed E-state index contributed by atoms with van der Waals surface area (Å²) < 4.78 is 5.74. The van der Waals surface area contributed by atoms with Crippen LogP contribution >= 0.6 is 0 Å². The first-order chi connectivity index (χ1) is 17.1. The van der Waals surface area contributed by atoms with Gasteiger partial charge in [-0.15, -0.1) is 0 Å². The lowest BCUT2D eigenvalue weighted by Gasteiger charge is -2.17. The molecule has 1 N–H and O–H groups in total. The first kappa shape index (κ1) is 33.4. The summed E-state index contributed by atoms with van der Waals surface area (Å²) in [5, 5.41) is 8.73. The smallest absolute Gasteiger partial charge is 0.306 e. The van der Waals surface area contributed by atoms with Gasteiger partial charge in [0.15, 0.2) is 0 Å². The van der Waals surface area contributed by atoms with Crippen molar-refractivity contribution in [3.05, 3.63) is 24.3 Å². The van der Waals surface area contributed by atoms with Crippen LogP contribution in [0.15, 0.2) is 24.3 Å². The molecule has 0 saturated heterocycles. The minimum Gasteiger partial charge on any atom is -0.481 e. The van der Waals surface area contributed by atoms with Crippen molar-refractivity contribution in [1.82, 2.24) is 0 Å². The number of esters is 1. The highest BCUT2D eigenvalue weighted by molar-refractivity contribution is 5.69. The third-order valence-electron chi connectivity index (χ3n) is 6.43. The van der Waals surface area contributed by atoms with E-state index in [1.807, 2.05) is 0 Å². The average Bonchev–Trinajstić information content (AvgIpc) is 2.83. The van der Waals surface area contributed by atoms with E-state index in [4.69, 9.17) is 9.84 Å². The van der Waals surface area contributed by atoms with E-state index >= 15 is 0 Å². The Morgan fingerprint density at radius 3 is 1.77 bits per heavy atom. The fourth-order valence-corrected chi connectivity index (χ4v) is 4.20. The molecule has 0 amide bonds. The molecule has 0 heterocycles. The first-order valence-corrected chi connectivity index (χ1v) is 14.8. The second-order valence-corrected chi connectivity index (χ2v) is 9.94. The van der Waals surface area contributed by atoms with E-state index in [0.717, 1.165) is 57.8 Å². The van der Waals surface area contributed by atoms with Crippen LogP contribution in [0.4, 0.5) is 0 Å².